The van der Waals surface area contributed by atoms with Crippen LogP contribution in [0.4, 0.5) is 18.9 Å². The van der Waals surface area contributed by atoms with Crippen molar-refractivity contribution >= 4 is 5.69 Å². The molecule has 0 amide bonds. The first-order valence-corrected chi connectivity index (χ1v) is 9.00. The van der Waals surface area contributed by atoms with Crippen LogP contribution in [-0.2, 0) is 0 Å². The van der Waals surface area contributed by atoms with E-state index in [2.05, 4.69) is 4.90 Å². The van der Waals surface area contributed by atoms with Gasteiger partial charge in [0.15, 0.2) is 6.61 Å². The maximum Gasteiger partial charge on any atom is 0.422 e. The first kappa shape index (κ1) is 18.4. The number of ether oxygens (including phenoxy) is 1. The van der Waals surface area contributed by atoms with Crippen molar-refractivity contribution in [1.82, 2.24) is 0 Å². The van der Waals surface area contributed by atoms with Crippen molar-refractivity contribution in [3.63, 3.8) is 0 Å². The molecule has 1 saturated heterocycles. The van der Waals surface area contributed by atoms with Crippen LogP contribution < -0.4 is 9.64 Å². The molecule has 25 heavy (non-hydrogen) atoms. The molecule has 2 aliphatic rings. The van der Waals surface area contributed by atoms with Gasteiger partial charge in [0.25, 0.3) is 0 Å². The van der Waals surface area contributed by atoms with Gasteiger partial charge in [-0.15, -0.1) is 0 Å². The minimum absolute atomic E-state index is 0.237. The first-order chi connectivity index (χ1) is 11.7. The fraction of sp³-hybridized carbons (Fsp3) is 0.684. The highest BCUT2D eigenvalue weighted by Crippen LogP contribution is 2.48. The van der Waals surface area contributed by atoms with Gasteiger partial charge in [0.05, 0.1) is 5.60 Å². The summed E-state index contributed by atoms with van der Waals surface area (Å²) in [4.78, 5) is 2.30. The maximum atomic E-state index is 12.2. The Balaban J connectivity index is 1.57. The smallest absolute Gasteiger partial charge is 0.422 e. The lowest BCUT2D eigenvalue weighted by Gasteiger charge is -2.41. The molecule has 1 aromatic carbocycles. The molecular formula is C19H26F3NO2. The largest absolute Gasteiger partial charge is 0.484 e. The zero-order valence-corrected chi connectivity index (χ0v) is 14.6. The highest BCUT2D eigenvalue weighted by atomic mass is 19.4. The third-order valence-corrected chi connectivity index (χ3v) is 5.94. The van der Waals surface area contributed by atoms with Gasteiger partial charge >= 0.3 is 6.18 Å². The Hall–Kier alpha value is -1.43. The van der Waals surface area contributed by atoms with E-state index in [1.807, 2.05) is 19.1 Å². The molecule has 0 bridgehead atoms. The normalized spacial score (nSPS) is 30.0. The van der Waals surface area contributed by atoms with Crippen LogP contribution in [0.3, 0.4) is 0 Å². The van der Waals surface area contributed by atoms with Crippen LogP contribution in [0.15, 0.2) is 24.3 Å². The van der Waals surface area contributed by atoms with Crippen LogP contribution in [0.5, 0.6) is 5.75 Å². The Labute approximate surface area is 146 Å². The van der Waals surface area contributed by atoms with Gasteiger partial charge in [0.1, 0.15) is 5.75 Å². The Kier molecular flexibility index (Phi) is 4.93. The number of aliphatic hydroxyl groups is 1. The van der Waals surface area contributed by atoms with Crippen LogP contribution in [0.2, 0.25) is 0 Å². The van der Waals surface area contributed by atoms with Crippen molar-refractivity contribution in [2.24, 2.45) is 5.41 Å². The number of hydrogen-bond acceptors (Lipinski definition) is 3. The van der Waals surface area contributed by atoms with E-state index in [1.165, 1.54) is 0 Å². The summed E-state index contributed by atoms with van der Waals surface area (Å²) in [7, 11) is 0. The molecule has 1 saturated carbocycles. The number of benzene rings is 1. The standard InChI is InChI=1S/C19H26F3NO2/c1-2-18(24)9-7-17(8-10-18)11-12-23(13-17)15-3-5-16(6-4-15)25-14-19(20,21)22/h3-6,24H,2,7-14H2,1H3. The van der Waals surface area contributed by atoms with Crippen LogP contribution >= 0.6 is 0 Å². The predicted molar refractivity (Wildman–Crippen MR) is 91.0 cm³/mol. The Morgan fingerprint density at radius 1 is 1.08 bits per heavy atom. The molecule has 1 spiro atoms. The van der Waals surface area contributed by atoms with Gasteiger partial charge in [0.2, 0.25) is 0 Å². The van der Waals surface area contributed by atoms with Crippen LogP contribution in [0.25, 0.3) is 0 Å². The summed E-state index contributed by atoms with van der Waals surface area (Å²) in [6.45, 7) is 2.68. The molecular weight excluding hydrogens is 331 g/mol. The average molecular weight is 357 g/mol. The first-order valence-electron chi connectivity index (χ1n) is 9.00. The van der Waals surface area contributed by atoms with E-state index < -0.39 is 18.4 Å². The zero-order valence-electron chi connectivity index (χ0n) is 14.6. The van der Waals surface area contributed by atoms with E-state index >= 15 is 0 Å². The SMILES string of the molecule is CCC1(O)CCC2(CCN(c3ccc(OCC(F)(F)F)cc3)C2)CC1. The third kappa shape index (κ3) is 4.40. The molecule has 1 aromatic rings. The Morgan fingerprint density at radius 2 is 1.72 bits per heavy atom. The van der Waals surface area contributed by atoms with Gasteiger partial charge in [-0.25, -0.2) is 0 Å². The molecule has 3 nitrogen and oxygen atoms in total. The minimum Gasteiger partial charge on any atom is -0.484 e. The Bertz CT molecular complexity index is 577. The van der Waals surface area contributed by atoms with E-state index in [-0.39, 0.29) is 11.2 Å². The number of nitrogens with zero attached hydrogens (tertiary/aromatic N) is 1. The van der Waals surface area contributed by atoms with Crippen LogP contribution in [0, 0.1) is 5.41 Å². The highest BCUT2D eigenvalue weighted by Gasteiger charge is 2.44. The van der Waals surface area contributed by atoms with Crippen molar-refractivity contribution in [1.29, 1.82) is 0 Å². The molecule has 1 N–H and O–H groups in total. The summed E-state index contributed by atoms with van der Waals surface area (Å²) in [5, 5.41) is 10.4. The summed E-state index contributed by atoms with van der Waals surface area (Å²) >= 11 is 0. The second kappa shape index (κ2) is 6.71. The molecule has 0 radical (unpaired) electrons. The maximum absolute atomic E-state index is 12.2. The van der Waals surface area contributed by atoms with E-state index in [0.29, 0.717) is 0 Å². The molecule has 2 fully saturated rings. The van der Waals surface area contributed by atoms with E-state index in [0.717, 1.165) is 57.3 Å². The van der Waals surface area contributed by atoms with Gasteiger partial charge in [0, 0.05) is 18.8 Å². The lowest BCUT2D eigenvalue weighted by atomic mass is 9.67. The molecule has 0 atom stereocenters. The fourth-order valence-electron chi connectivity index (χ4n) is 4.08. The molecule has 140 valence electrons. The van der Waals surface area contributed by atoms with Gasteiger partial charge in [-0.1, -0.05) is 6.92 Å². The summed E-state index contributed by atoms with van der Waals surface area (Å²) < 4.78 is 41.4. The number of hydrogen-bond donors (Lipinski definition) is 1. The number of anilines is 1. The summed E-state index contributed by atoms with van der Waals surface area (Å²) in [5.74, 6) is 0.237. The van der Waals surface area contributed by atoms with Crippen molar-refractivity contribution in [3.05, 3.63) is 24.3 Å². The molecule has 1 heterocycles. The van der Waals surface area contributed by atoms with Crippen molar-refractivity contribution in [2.45, 2.75) is 57.2 Å². The lowest BCUT2D eigenvalue weighted by Crippen LogP contribution is -2.40. The lowest BCUT2D eigenvalue weighted by molar-refractivity contribution is -0.153. The summed E-state index contributed by atoms with van der Waals surface area (Å²) in [6, 6.07) is 6.86. The molecule has 0 unspecified atom stereocenters. The van der Waals surface area contributed by atoms with Crippen molar-refractivity contribution in [3.8, 4) is 5.75 Å². The molecule has 1 aliphatic heterocycles. The zero-order chi connectivity index (χ0) is 18.1. The minimum atomic E-state index is -4.32. The molecule has 3 rings (SSSR count). The molecule has 6 heteroatoms. The molecule has 1 aliphatic carbocycles. The quantitative estimate of drug-likeness (QED) is 0.859. The number of rotatable bonds is 4. The van der Waals surface area contributed by atoms with Crippen molar-refractivity contribution in [2.75, 3.05) is 24.6 Å². The fourth-order valence-corrected chi connectivity index (χ4v) is 4.08. The number of alkyl halides is 3. The van der Waals surface area contributed by atoms with Crippen LogP contribution in [-0.4, -0.2) is 36.6 Å². The topological polar surface area (TPSA) is 32.7 Å². The monoisotopic (exact) mass is 357 g/mol. The van der Waals surface area contributed by atoms with E-state index in [4.69, 9.17) is 4.74 Å². The van der Waals surface area contributed by atoms with Gasteiger partial charge in [-0.05, 0) is 68.2 Å². The van der Waals surface area contributed by atoms with E-state index in [9.17, 15) is 18.3 Å². The van der Waals surface area contributed by atoms with Gasteiger partial charge in [-0.2, -0.15) is 13.2 Å². The van der Waals surface area contributed by atoms with Gasteiger partial charge < -0.3 is 14.7 Å². The highest BCUT2D eigenvalue weighted by molar-refractivity contribution is 5.50. The third-order valence-electron chi connectivity index (χ3n) is 5.94. The predicted octanol–water partition coefficient (Wildman–Crippen LogP) is 4.54. The summed E-state index contributed by atoms with van der Waals surface area (Å²) in [6.07, 6.45) is 1.41. The second-order valence-corrected chi connectivity index (χ2v) is 7.65. The average Bonchev–Trinajstić information content (AvgIpc) is 3.00. The van der Waals surface area contributed by atoms with E-state index in [1.54, 1.807) is 12.1 Å². The second-order valence-electron chi connectivity index (χ2n) is 7.65. The van der Waals surface area contributed by atoms with Crippen molar-refractivity contribution < 1.29 is 23.0 Å². The number of halogens is 3. The Morgan fingerprint density at radius 3 is 2.28 bits per heavy atom. The van der Waals surface area contributed by atoms with Gasteiger partial charge in [-0.3, -0.25) is 0 Å². The molecule has 0 aromatic heterocycles. The summed E-state index contributed by atoms with van der Waals surface area (Å²) in [5.41, 5.74) is 0.802. The van der Waals surface area contributed by atoms with Crippen LogP contribution in [0.1, 0.15) is 45.4 Å².